The van der Waals surface area contributed by atoms with Gasteiger partial charge < -0.3 is 9.40 Å². The predicted octanol–water partition coefficient (Wildman–Crippen LogP) is 2.25. The van der Waals surface area contributed by atoms with Crippen LogP contribution in [0.1, 0.15) is 11.3 Å². The lowest BCUT2D eigenvalue weighted by Gasteiger charge is -2.03. The van der Waals surface area contributed by atoms with Crippen molar-refractivity contribution in [2.45, 2.75) is 13.8 Å². The topological polar surface area (TPSA) is 63.1 Å². The number of hydrogen-bond donors (Lipinski definition) is 1. The Kier molecular flexibility index (Phi) is 2.13. The number of aromatic amines is 1. The van der Waals surface area contributed by atoms with Crippen molar-refractivity contribution < 1.29 is 4.42 Å². The Morgan fingerprint density at radius 1 is 1.06 bits per heavy atom. The van der Waals surface area contributed by atoms with Gasteiger partial charge in [-0.25, -0.2) is 4.79 Å². The SMILES string of the molecule is Cc1ccc2c(=O)c3c(=O)oc(C)cc3[nH]c2c1. The molecule has 1 aromatic carbocycles. The number of nitrogens with one attached hydrogen (secondary N) is 1. The molecular formula is C14H11NO3. The first-order chi connectivity index (χ1) is 8.56. The van der Waals surface area contributed by atoms with E-state index in [0.29, 0.717) is 16.7 Å². The Hall–Kier alpha value is -2.36. The van der Waals surface area contributed by atoms with Crippen LogP contribution in [0, 0.1) is 13.8 Å². The van der Waals surface area contributed by atoms with Crippen LogP contribution in [0.2, 0.25) is 0 Å². The van der Waals surface area contributed by atoms with Crippen LogP contribution in [0.15, 0.2) is 38.3 Å². The van der Waals surface area contributed by atoms with Crippen LogP contribution in [0.3, 0.4) is 0 Å². The van der Waals surface area contributed by atoms with Crippen LogP contribution >= 0.6 is 0 Å². The normalized spacial score (nSPS) is 11.2. The Morgan fingerprint density at radius 3 is 2.61 bits per heavy atom. The van der Waals surface area contributed by atoms with Gasteiger partial charge in [0.25, 0.3) is 0 Å². The highest BCUT2D eigenvalue weighted by Gasteiger charge is 2.10. The van der Waals surface area contributed by atoms with E-state index >= 15 is 0 Å². The van der Waals surface area contributed by atoms with Gasteiger partial charge in [-0.3, -0.25) is 4.79 Å². The number of rotatable bonds is 0. The van der Waals surface area contributed by atoms with Crippen LogP contribution in [0.4, 0.5) is 0 Å². The predicted molar refractivity (Wildman–Crippen MR) is 70.1 cm³/mol. The van der Waals surface area contributed by atoms with Crippen LogP contribution in [-0.4, -0.2) is 4.98 Å². The second kappa shape index (κ2) is 3.57. The van der Waals surface area contributed by atoms with E-state index in [-0.39, 0.29) is 10.8 Å². The lowest BCUT2D eigenvalue weighted by Crippen LogP contribution is -2.14. The monoisotopic (exact) mass is 241 g/mol. The van der Waals surface area contributed by atoms with E-state index in [1.165, 1.54) is 0 Å². The zero-order chi connectivity index (χ0) is 12.9. The largest absolute Gasteiger partial charge is 0.428 e. The van der Waals surface area contributed by atoms with E-state index < -0.39 is 5.63 Å². The highest BCUT2D eigenvalue weighted by Crippen LogP contribution is 2.14. The fourth-order valence-electron chi connectivity index (χ4n) is 2.16. The molecule has 0 aliphatic heterocycles. The average Bonchev–Trinajstić information content (AvgIpc) is 2.27. The number of H-pyrrole nitrogens is 1. The Bertz CT molecular complexity index is 887. The lowest BCUT2D eigenvalue weighted by atomic mass is 10.1. The van der Waals surface area contributed by atoms with Crippen molar-refractivity contribution in [2.24, 2.45) is 0 Å². The maximum Gasteiger partial charge on any atom is 0.349 e. The number of pyridine rings is 1. The Balaban J connectivity index is 2.65. The summed E-state index contributed by atoms with van der Waals surface area (Å²) in [5, 5.41) is 0.584. The van der Waals surface area contributed by atoms with E-state index in [2.05, 4.69) is 4.98 Å². The summed E-state index contributed by atoms with van der Waals surface area (Å²) < 4.78 is 4.97. The summed E-state index contributed by atoms with van der Waals surface area (Å²) in [7, 11) is 0. The van der Waals surface area contributed by atoms with Gasteiger partial charge in [0.05, 0.1) is 11.0 Å². The first kappa shape index (κ1) is 10.8. The number of fused-ring (bicyclic) bond motifs is 2. The molecule has 2 heterocycles. The third kappa shape index (κ3) is 1.46. The van der Waals surface area contributed by atoms with Gasteiger partial charge in [0.15, 0.2) is 0 Å². The molecule has 3 aromatic rings. The Morgan fingerprint density at radius 2 is 1.83 bits per heavy atom. The molecule has 0 aliphatic carbocycles. The first-order valence-electron chi connectivity index (χ1n) is 5.63. The van der Waals surface area contributed by atoms with Gasteiger partial charge in [-0.05, 0) is 31.5 Å². The summed E-state index contributed by atoms with van der Waals surface area (Å²) in [6.07, 6.45) is 0. The van der Waals surface area contributed by atoms with Gasteiger partial charge in [0, 0.05) is 11.5 Å². The van der Waals surface area contributed by atoms with Gasteiger partial charge in [-0.15, -0.1) is 0 Å². The van der Waals surface area contributed by atoms with Gasteiger partial charge in [-0.1, -0.05) is 6.07 Å². The van der Waals surface area contributed by atoms with E-state index in [1.807, 2.05) is 19.1 Å². The molecule has 0 spiro atoms. The van der Waals surface area contributed by atoms with Crippen LogP contribution in [-0.2, 0) is 0 Å². The maximum absolute atomic E-state index is 12.3. The highest BCUT2D eigenvalue weighted by molar-refractivity contribution is 5.92. The van der Waals surface area contributed by atoms with E-state index in [1.54, 1.807) is 19.1 Å². The molecular weight excluding hydrogens is 230 g/mol. The van der Waals surface area contributed by atoms with Crippen molar-refractivity contribution in [1.82, 2.24) is 4.98 Å². The minimum atomic E-state index is -0.589. The van der Waals surface area contributed by atoms with Crippen molar-refractivity contribution >= 4 is 21.8 Å². The highest BCUT2D eigenvalue weighted by atomic mass is 16.4. The number of aromatic nitrogens is 1. The average molecular weight is 241 g/mol. The molecule has 0 amide bonds. The third-order valence-electron chi connectivity index (χ3n) is 2.99. The molecule has 2 aromatic heterocycles. The zero-order valence-corrected chi connectivity index (χ0v) is 10.0. The van der Waals surface area contributed by atoms with Gasteiger partial charge in [0.2, 0.25) is 5.43 Å². The molecule has 0 aliphatic rings. The fraction of sp³-hybridized carbons (Fsp3) is 0.143. The van der Waals surface area contributed by atoms with Crippen molar-refractivity contribution in [1.29, 1.82) is 0 Å². The number of hydrogen-bond acceptors (Lipinski definition) is 3. The summed E-state index contributed by atoms with van der Waals surface area (Å²) in [5.41, 5.74) is 1.43. The number of benzene rings is 1. The molecule has 0 bridgehead atoms. The van der Waals surface area contributed by atoms with Gasteiger partial charge in [-0.2, -0.15) is 0 Å². The van der Waals surface area contributed by atoms with Crippen LogP contribution in [0.5, 0.6) is 0 Å². The quantitative estimate of drug-likeness (QED) is 0.614. The zero-order valence-electron chi connectivity index (χ0n) is 10.0. The smallest absolute Gasteiger partial charge is 0.349 e. The second-order valence-corrected chi connectivity index (χ2v) is 4.44. The lowest BCUT2D eigenvalue weighted by molar-refractivity contribution is 0.488. The van der Waals surface area contributed by atoms with Crippen LogP contribution < -0.4 is 11.1 Å². The minimum absolute atomic E-state index is 0.0805. The maximum atomic E-state index is 12.3. The van der Waals surface area contributed by atoms with Crippen molar-refractivity contribution in [2.75, 3.05) is 0 Å². The summed E-state index contributed by atoms with van der Waals surface area (Å²) in [4.78, 5) is 27.1. The van der Waals surface area contributed by atoms with Crippen molar-refractivity contribution in [3.63, 3.8) is 0 Å². The number of aryl methyl sites for hydroxylation is 2. The molecule has 0 saturated heterocycles. The van der Waals surface area contributed by atoms with Crippen molar-refractivity contribution in [3.8, 4) is 0 Å². The van der Waals surface area contributed by atoms with E-state index in [0.717, 1.165) is 11.1 Å². The molecule has 0 radical (unpaired) electrons. The summed E-state index contributed by atoms with van der Waals surface area (Å²) in [6.45, 7) is 3.63. The summed E-state index contributed by atoms with van der Waals surface area (Å²) in [5.74, 6) is 0.482. The molecule has 18 heavy (non-hydrogen) atoms. The molecule has 1 N–H and O–H groups in total. The minimum Gasteiger partial charge on any atom is -0.428 e. The molecule has 0 saturated carbocycles. The van der Waals surface area contributed by atoms with Crippen molar-refractivity contribution in [3.05, 3.63) is 56.2 Å². The fourth-order valence-corrected chi connectivity index (χ4v) is 2.16. The Labute approximate surface area is 102 Å². The second-order valence-electron chi connectivity index (χ2n) is 4.44. The molecule has 90 valence electrons. The van der Waals surface area contributed by atoms with E-state index in [4.69, 9.17) is 4.42 Å². The molecule has 4 nitrogen and oxygen atoms in total. The van der Waals surface area contributed by atoms with Gasteiger partial charge >= 0.3 is 5.63 Å². The molecule has 0 unspecified atom stereocenters. The van der Waals surface area contributed by atoms with E-state index in [9.17, 15) is 9.59 Å². The van der Waals surface area contributed by atoms with Crippen LogP contribution in [0.25, 0.3) is 21.8 Å². The summed E-state index contributed by atoms with van der Waals surface area (Å²) >= 11 is 0. The molecule has 0 atom stereocenters. The first-order valence-corrected chi connectivity index (χ1v) is 5.63. The molecule has 4 heteroatoms. The standard InChI is InChI=1S/C14H11NO3/c1-7-3-4-9-10(5-7)15-11-6-8(2)18-14(17)12(11)13(9)16/h3-6H,1-2H3,(H,15,16). The molecule has 0 fully saturated rings. The molecule has 3 rings (SSSR count). The third-order valence-corrected chi connectivity index (χ3v) is 2.99. The summed E-state index contributed by atoms with van der Waals surface area (Å²) in [6, 6.07) is 7.13. The van der Waals surface area contributed by atoms with Gasteiger partial charge in [0.1, 0.15) is 11.1 Å².